The van der Waals surface area contributed by atoms with Crippen LogP contribution in [0.2, 0.25) is 0 Å². The smallest absolute Gasteiger partial charge is 0.256 e. The second-order valence-corrected chi connectivity index (χ2v) is 7.58. The van der Waals surface area contributed by atoms with Gasteiger partial charge in [-0.15, -0.1) is 0 Å². The zero-order valence-electron chi connectivity index (χ0n) is 16.7. The number of amides is 2. The molecule has 0 bridgehead atoms. The molecule has 2 heterocycles. The third kappa shape index (κ3) is 3.88. The Morgan fingerprint density at radius 1 is 0.871 bits per heavy atom. The molecule has 6 nitrogen and oxygen atoms in total. The Balaban J connectivity index is 1.16. The van der Waals surface area contributed by atoms with E-state index in [1.807, 2.05) is 78.9 Å². The Labute approximate surface area is 179 Å². The number of hydrogen-bond donors (Lipinski definition) is 2. The topological polar surface area (TPSA) is 74.4 Å². The Morgan fingerprint density at radius 3 is 2.32 bits per heavy atom. The number of anilines is 1. The van der Waals surface area contributed by atoms with Crippen LogP contribution < -0.4 is 10.1 Å². The normalized spacial score (nSPS) is 13.6. The molecule has 1 aromatic heterocycles. The third-order valence-electron chi connectivity index (χ3n) is 5.46. The summed E-state index contributed by atoms with van der Waals surface area (Å²) < 4.78 is 5.77. The van der Waals surface area contributed by atoms with Crippen molar-refractivity contribution in [1.82, 2.24) is 9.88 Å². The van der Waals surface area contributed by atoms with Gasteiger partial charge in [-0.05, 0) is 42.5 Å². The van der Waals surface area contributed by atoms with Gasteiger partial charge in [0.15, 0.2) is 0 Å². The number of nitrogens with one attached hydrogen (secondary N) is 2. The first kappa shape index (κ1) is 18.9. The molecule has 5 rings (SSSR count). The molecule has 2 N–H and O–H groups in total. The highest BCUT2D eigenvalue weighted by Gasteiger charge is 2.36. The summed E-state index contributed by atoms with van der Waals surface area (Å²) in [5, 5.41) is 3.82. The summed E-state index contributed by atoms with van der Waals surface area (Å²) in [7, 11) is 0. The molecule has 0 saturated carbocycles. The number of ether oxygens (including phenoxy) is 1. The van der Waals surface area contributed by atoms with Crippen LogP contribution >= 0.6 is 0 Å². The number of carbonyl (C=O) groups excluding carboxylic acids is 2. The van der Waals surface area contributed by atoms with Crippen molar-refractivity contribution >= 4 is 28.4 Å². The largest absolute Gasteiger partial charge is 0.457 e. The summed E-state index contributed by atoms with van der Waals surface area (Å²) in [6.07, 6.45) is 1.74. The molecule has 1 aliphatic rings. The van der Waals surface area contributed by atoms with E-state index in [1.165, 1.54) is 0 Å². The first-order valence-electron chi connectivity index (χ1n) is 10.2. The quantitative estimate of drug-likeness (QED) is 0.501. The van der Waals surface area contributed by atoms with E-state index in [9.17, 15) is 9.59 Å². The first-order chi connectivity index (χ1) is 15.2. The van der Waals surface area contributed by atoms with Crippen molar-refractivity contribution in [3.8, 4) is 11.5 Å². The molecule has 0 aliphatic carbocycles. The van der Waals surface area contributed by atoms with E-state index < -0.39 is 0 Å². The number of hydrogen-bond acceptors (Lipinski definition) is 3. The Morgan fingerprint density at radius 2 is 1.55 bits per heavy atom. The van der Waals surface area contributed by atoms with Crippen LogP contribution in [-0.2, 0) is 4.79 Å². The summed E-state index contributed by atoms with van der Waals surface area (Å²) in [6, 6.07) is 24.5. The van der Waals surface area contributed by atoms with Crippen LogP contribution in [0.3, 0.4) is 0 Å². The molecule has 0 atom stereocenters. The zero-order chi connectivity index (χ0) is 21.2. The van der Waals surface area contributed by atoms with Gasteiger partial charge in [0.25, 0.3) is 5.91 Å². The number of rotatable bonds is 5. The molecule has 1 saturated heterocycles. The summed E-state index contributed by atoms with van der Waals surface area (Å²) in [4.78, 5) is 30.2. The minimum Gasteiger partial charge on any atom is -0.457 e. The number of fused-ring (bicyclic) bond motifs is 1. The van der Waals surface area contributed by atoms with Gasteiger partial charge in [0, 0.05) is 35.9 Å². The molecule has 3 aromatic carbocycles. The number of aromatic nitrogens is 1. The molecule has 4 aromatic rings. The lowest BCUT2D eigenvalue weighted by Crippen LogP contribution is -2.54. The van der Waals surface area contributed by atoms with Crippen molar-refractivity contribution in [2.75, 3.05) is 18.4 Å². The van der Waals surface area contributed by atoms with E-state index in [0.29, 0.717) is 30.1 Å². The van der Waals surface area contributed by atoms with E-state index in [1.54, 1.807) is 11.1 Å². The fourth-order valence-corrected chi connectivity index (χ4v) is 3.70. The predicted molar refractivity (Wildman–Crippen MR) is 119 cm³/mol. The SMILES string of the molecule is O=C(Nc1ccc(Oc2ccccc2)cc1)C1CN(C(=O)c2c[nH]c3ccccc23)C1. The van der Waals surface area contributed by atoms with Gasteiger partial charge in [0.2, 0.25) is 5.91 Å². The van der Waals surface area contributed by atoms with Crippen molar-refractivity contribution in [3.05, 3.63) is 90.6 Å². The minimum absolute atomic E-state index is 0.0519. The third-order valence-corrected chi connectivity index (χ3v) is 5.46. The summed E-state index contributed by atoms with van der Waals surface area (Å²) in [5.41, 5.74) is 2.27. The van der Waals surface area contributed by atoms with Gasteiger partial charge in [-0.1, -0.05) is 36.4 Å². The Bertz CT molecular complexity index is 1230. The number of carbonyl (C=O) groups is 2. The second-order valence-electron chi connectivity index (χ2n) is 7.58. The monoisotopic (exact) mass is 411 g/mol. The second kappa shape index (κ2) is 7.99. The van der Waals surface area contributed by atoms with Crippen LogP contribution in [0.25, 0.3) is 10.9 Å². The minimum atomic E-state index is -0.214. The van der Waals surface area contributed by atoms with Crippen LogP contribution in [-0.4, -0.2) is 34.8 Å². The van der Waals surface area contributed by atoms with E-state index in [2.05, 4.69) is 10.3 Å². The van der Waals surface area contributed by atoms with E-state index in [4.69, 9.17) is 4.74 Å². The molecule has 0 unspecified atom stereocenters. The van der Waals surface area contributed by atoms with Gasteiger partial charge in [-0.3, -0.25) is 9.59 Å². The number of nitrogens with zero attached hydrogens (tertiary/aromatic N) is 1. The maximum absolute atomic E-state index is 12.8. The fourth-order valence-electron chi connectivity index (χ4n) is 3.70. The van der Waals surface area contributed by atoms with Crippen LogP contribution in [0, 0.1) is 5.92 Å². The predicted octanol–water partition coefficient (Wildman–Crippen LogP) is 4.67. The highest BCUT2D eigenvalue weighted by Crippen LogP contribution is 2.26. The van der Waals surface area contributed by atoms with E-state index >= 15 is 0 Å². The molecule has 1 fully saturated rings. The highest BCUT2D eigenvalue weighted by atomic mass is 16.5. The van der Waals surface area contributed by atoms with Gasteiger partial charge < -0.3 is 19.9 Å². The van der Waals surface area contributed by atoms with Crippen LogP contribution in [0.5, 0.6) is 11.5 Å². The molecular formula is C25H21N3O3. The summed E-state index contributed by atoms with van der Waals surface area (Å²) in [5.74, 6) is 1.11. The van der Waals surface area contributed by atoms with Gasteiger partial charge >= 0.3 is 0 Å². The molecule has 31 heavy (non-hydrogen) atoms. The van der Waals surface area contributed by atoms with Crippen molar-refractivity contribution in [2.45, 2.75) is 0 Å². The molecular weight excluding hydrogens is 390 g/mol. The van der Waals surface area contributed by atoms with Gasteiger partial charge in [-0.2, -0.15) is 0 Å². The highest BCUT2D eigenvalue weighted by molar-refractivity contribution is 6.07. The Hall–Kier alpha value is -4.06. The fraction of sp³-hybridized carbons (Fsp3) is 0.120. The van der Waals surface area contributed by atoms with Gasteiger partial charge in [0.05, 0.1) is 11.5 Å². The summed E-state index contributed by atoms with van der Waals surface area (Å²) in [6.45, 7) is 0.832. The number of H-pyrrole nitrogens is 1. The average molecular weight is 411 g/mol. The number of para-hydroxylation sites is 2. The molecule has 2 amide bonds. The maximum atomic E-state index is 12.8. The first-order valence-corrected chi connectivity index (χ1v) is 10.2. The van der Waals surface area contributed by atoms with Crippen molar-refractivity contribution in [3.63, 3.8) is 0 Å². The Kier molecular flexibility index (Phi) is 4.88. The van der Waals surface area contributed by atoms with Crippen LogP contribution in [0.15, 0.2) is 85.1 Å². The van der Waals surface area contributed by atoms with Crippen molar-refractivity contribution in [1.29, 1.82) is 0 Å². The lowest BCUT2D eigenvalue weighted by atomic mass is 9.97. The molecule has 0 spiro atoms. The van der Waals surface area contributed by atoms with Gasteiger partial charge in [0.1, 0.15) is 11.5 Å². The van der Waals surface area contributed by atoms with E-state index in [0.717, 1.165) is 16.7 Å². The summed E-state index contributed by atoms with van der Waals surface area (Å²) >= 11 is 0. The average Bonchev–Trinajstić information content (AvgIpc) is 3.19. The zero-order valence-corrected chi connectivity index (χ0v) is 16.7. The molecule has 6 heteroatoms. The lowest BCUT2D eigenvalue weighted by molar-refractivity contribution is -0.123. The van der Waals surface area contributed by atoms with Crippen LogP contribution in [0.4, 0.5) is 5.69 Å². The van der Waals surface area contributed by atoms with E-state index in [-0.39, 0.29) is 17.7 Å². The number of likely N-dealkylation sites (tertiary alicyclic amines) is 1. The molecule has 0 radical (unpaired) electrons. The van der Waals surface area contributed by atoms with Crippen molar-refractivity contribution < 1.29 is 14.3 Å². The number of benzene rings is 3. The van der Waals surface area contributed by atoms with Crippen LogP contribution in [0.1, 0.15) is 10.4 Å². The lowest BCUT2D eigenvalue weighted by Gasteiger charge is -2.38. The molecule has 154 valence electrons. The number of aromatic amines is 1. The van der Waals surface area contributed by atoms with Gasteiger partial charge in [-0.25, -0.2) is 0 Å². The van der Waals surface area contributed by atoms with Crippen molar-refractivity contribution in [2.24, 2.45) is 5.92 Å². The molecule has 1 aliphatic heterocycles. The maximum Gasteiger partial charge on any atom is 0.256 e. The standard InChI is InChI=1S/C25H21N3O3/c29-24(27-18-10-12-20(13-11-18)31-19-6-2-1-3-7-19)17-15-28(16-17)25(30)22-14-26-23-9-5-4-8-21(22)23/h1-14,17,26H,15-16H2,(H,27,29).